The quantitative estimate of drug-likeness (QED) is 0.407. The van der Waals surface area contributed by atoms with Gasteiger partial charge in [-0.1, -0.05) is 26.7 Å². The van der Waals surface area contributed by atoms with Gasteiger partial charge in [0.25, 0.3) is 0 Å². The fourth-order valence-corrected chi connectivity index (χ4v) is 1.63. The average Bonchev–Trinajstić information content (AvgIpc) is 2.40. The summed E-state index contributed by atoms with van der Waals surface area (Å²) in [6.45, 7) is 5.31. The van der Waals surface area contributed by atoms with Gasteiger partial charge in [0, 0.05) is 0 Å². The Kier molecular flexibility index (Phi) is 7.30. The van der Waals surface area contributed by atoms with E-state index in [-0.39, 0.29) is 11.5 Å². The molecule has 0 saturated heterocycles. The molecule has 4 nitrogen and oxygen atoms in total. The van der Waals surface area contributed by atoms with Crippen molar-refractivity contribution in [1.82, 2.24) is 0 Å². The van der Waals surface area contributed by atoms with E-state index in [2.05, 4.69) is 13.8 Å². The Morgan fingerprint density at radius 2 is 1.58 bits per heavy atom. The first-order chi connectivity index (χ1) is 9.19. The van der Waals surface area contributed by atoms with Crippen molar-refractivity contribution in [1.29, 1.82) is 0 Å². The maximum Gasteiger partial charge on any atom is 0.187 e. The summed E-state index contributed by atoms with van der Waals surface area (Å²) in [7, 11) is 0. The molecule has 0 heterocycles. The number of unbranched alkanes of at least 4 members (excludes halogenated alkanes) is 2. The van der Waals surface area contributed by atoms with Gasteiger partial charge in [-0.25, -0.2) is 0 Å². The molecule has 108 valence electrons. The van der Waals surface area contributed by atoms with E-state index in [0.29, 0.717) is 18.8 Å². The van der Waals surface area contributed by atoms with Crippen LogP contribution in [0.3, 0.4) is 0 Å². The van der Waals surface area contributed by atoms with Crippen LogP contribution in [0.15, 0.2) is 18.2 Å². The number of benzene rings is 1. The molecule has 2 N–H and O–H groups in total. The number of phenolic OH excluding ortho intramolecular Hbond substituents is 2. The maximum absolute atomic E-state index is 9.85. The molecule has 0 fully saturated rings. The molecule has 0 spiro atoms. The van der Waals surface area contributed by atoms with Crippen molar-refractivity contribution >= 4 is 0 Å². The predicted molar refractivity (Wildman–Crippen MR) is 74.2 cm³/mol. The van der Waals surface area contributed by atoms with E-state index in [4.69, 9.17) is 9.47 Å². The van der Waals surface area contributed by atoms with Crippen LogP contribution >= 0.6 is 0 Å². The van der Waals surface area contributed by atoms with Gasteiger partial charge in [0.2, 0.25) is 0 Å². The lowest BCUT2D eigenvalue weighted by Crippen LogP contribution is -2.11. The highest BCUT2D eigenvalue weighted by Gasteiger charge is 2.17. The second-order valence-corrected chi connectivity index (χ2v) is 4.52. The minimum Gasteiger partial charge on any atom is -0.508 e. The Hall–Kier alpha value is -1.26. The maximum atomic E-state index is 9.85. The summed E-state index contributed by atoms with van der Waals surface area (Å²) < 4.78 is 11.3. The Morgan fingerprint density at radius 1 is 1.00 bits per heavy atom. The summed E-state index contributed by atoms with van der Waals surface area (Å²) in [5.74, 6) is 0.173. The number of ether oxygens (including phenoxy) is 2. The highest BCUT2D eigenvalue weighted by atomic mass is 16.7. The molecule has 0 saturated carbocycles. The average molecular weight is 268 g/mol. The van der Waals surface area contributed by atoms with Gasteiger partial charge in [0.15, 0.2) is 6.29 Å². The number of hydrogen-bond acceptors (Lipinski definition) is 4. The first kappa shape index (κ1) is 15.8. The van der Waals surface area contributed by atoms with E-state index in [1.165, 1.54) is 18.2 Å². The lowest BCUT2D eigenvalue weighted by Gasteiger charge is -2.20. The Labute approximate surface area is 115 Å². The van der Waals surface area contributed by atoms with Gasteiger partial charge in [-0.2, -0.15) is 0 Å². The lowest BCUT2D eigenvalue weighted by molar-refractivity contribution is -0.148. The fourth-order valence-electron chi connectivity index (χ4n) is 1.63. The second kappa shape index (κ2) is 8.77. The molecule has 4 heteroatoms. The normalized spacial score (nSPS) is 11.1. The van der Waals surface area contributed by atoms with E-state index in [0.717, 1.165) is 25.7 Å². The molecule has 0 atom stereocenters. The first-order valence-electron chi connectivity index (χ1n) is 6.94. The van der Waals surface area contributed by atoms with Crippen LogP contribution < -0.4 is 0 Å². The number of aromatic hydroxyl groups is 2. The van der Waals surface area contributed by atoms with E-state index in [1.807, 2.05) is 0 Å². The van der Waals surface area contributed by atoms with Crippen LogP contribution in [0.25, 0.3) is 0 Å². The molecule has 0 aliphatic carbocycles. The third-order valence-electron chi connectivity index (χ3n) is 2.80. The smallest absolute Gasteiger partial charge is 0.187 e. The van der Waals surface area contributed by atoms with Crippen molar-refractivity contribution in [3.05, 3.63) is 23.8 Å². The lowest BCUT2D eigenvalue weighted by atomic mass is 10.2. The summed E-state index contributed by atoms with van der Waals surface area (Å²) in [6.07, 6.45) is 3.33. The van der Waals surface area contributed by atoms with Gasteiger partial charge in [0.1, 0.15) is 11.5 Å². The molecular weight excluding hydrogens is 244 g/mol. The largest absolute Gasteiger partial charge is 0.508 e. The minimum atomic E-state index is -0.620. The summed E-state index contributed by atoms with van der Waals surface area (Å²) >= 11 is 0. The molecular formula is C15H24O4. The minimum absolute atomic E-state index is 0.0794. The summed E-state index contributed by atoms with van der Waals surface area (Å²) in [6, 6.07) is 4.37. The summed E-state index contributed by atoms with van der Waals surface area (Å²) in [5.41, 5.74) is 0.479. The highest BCUT2D eigenvalue weighted by Crippen LogP contribution is 2.31. The molecule has 0 aromatic heterocycles. The highest BCUT2D eigenvalue weighted by molar-refractivity contribution is 5.39. The van der Waals surface area contributed by atoms with E-state index in [9.17, 15) is 10.2 Å². The van der Waals surface area contributed by atoms with Crippen molar-refractivity contribution in [3.8, 4) is 11.5 Å². The first-order valence-corrected chi connectivity index (χ1v) is 6.94. The summed E-state index contributed by atoms with van der Waals surface area (Å²) in [5, 5.41) is 19.4. The van der Waals surface area contributed by atoms with Crippen molar-refractivity contribution in [3.63, 3.8) is 0 Å². The third-order valence-corrected chi connectivity index (χ3v) is 2.80. The van der Waals surface area contributed by atoms with Crippen molar-refractivity contribution in [2.24, 2.45) is 0 Å². The van der Waals surface area contributed by atoms with Crippen LogP contribution in [0.4, 0.5) is 0 Å². The van der Waals surface area contributed by atoms with Crippen LogP contribution in [0.1, 0.15) is 51.4 Å². The van der Waals surface area contributed by atoms with Gasteiger partial charge >= 0.3 is 0 Å². The molecule has 0 bridgehead atoms. The molecule has 0 aliphatic heterocycles. The predicted octanol–water partition coefficient (Wildman–Crippen LogP) is 3.73. The summed E-state index contributed by atoms with van der Waals surface area (Å²) in [4.78, 5) is 0. The second-order valence-electron chi connectivity index (χ2n) is 4.52. The van der Waals surface area contributed by atoms with Crippen LogP contribution in [-0.4, -0.2) is 23.4 Å². The number of rotatable bonds is 9. The molecule has 19 heavy (non-hydrogen) atoms. The SMILES string of the molecule is CCCCOC(OCCCC)c1cc(O)ccc1O. The number of hydrogen-bond donors (Lipinski definition) is 2. The topological polar surface area (TPSA) is 58.9 Å². The Bertz CT molecular complexity index is 355. The zero-order chi connectivity index (χ0) is 14.1. The third kappa shape index (κ3) is 5.49. The van der Waals surface area contributed by atoms with Crippen LogP contribution in [-0.2, 0) is 9.47 Å². The van der Waals surface area contributed by atoms with Crippen molar-refractivity contribution in [2.45, 2.75) is 45.8 Å². The van der Waals surface area contributed by atoms with E-state index in [1.54, 1.807) is 0 Å². The fraction of sp³-hybridized carbons (Fsp3) is 0.600. The van der Waals surface area contributed by atoms with Gasteiger partial charge in [-0.3, -0.25) is 0 Å². The van der Waals surface area contributed by atoms with Crippen molar-refractivity contribution in [2.75, 3.05) is 13.2 Å². The van der Waals surface area contributed by atoms with Crippen LogP contribution in [0.5, 0.6) is 11.5 Å². The van der Waals surface area contributed by atoms with Gasteiger partial charge < -0.3 is 19.7 Å². The van der Waals surface area contributed by atoms with Crippen molar-refractivity contribution < 1.29 is 19.7 Å². The molecule has 0 unspecified atom stereocenters. The van der Waals surface area contributed by atoms with Gasteiger partial charge in [-0.15, -0.1) is 0 Å². The Balaban J connectivity index is 2.72. The van der Waals surface area contributed by atoms with E-state index >= 15 is 0 Å². The molecule has 1 aromatic carbocycles. The van der Waals surface area contributed by atoms with Gasteiger partial charge in [0.05, 0.1) is 18.8 Å². The molecule has 1 aromatic rings. The molecule has 1 rings (SSSR count). The molecule has 0 radical (unpaired) electrons. The standard InChI is InChI=1S/C15H24O4/c1-3-5-9-18-15(19-10-6-4-2)13-11-12(16)7-8-14(13)17/h7-8,11,15-17H,3-6,9-10H2,1-2H3. The Morgan fingerprint density at radius 3 is 2.11 bits per heavy atom. The molecule has 0 aliphatic rings. The van der Waals surface area contributed by atoms with Crippen LogP contribution in [0.2, 0.25) is 0 Å². The molecule has 0 amide bonds. The number of phenols is 2. The zero-order valence-corrected chi connectivity index (χ0v) is 11.8. The van der Waals surface area contributed by atoms with E-state index < -0.39 is 6.29 Å². The van der Waals surface area contributed by atoms with Crippen LogP contribution in [0, 0.1) is 0 Å². The monoisotopic (exact) mass is 268 g/mol. The zero-order valence-electron chi connectivity index (χ0n) is 11.8. The van der Waals surface area contributed by atoms with Gasteiger partial charge in [-0.05, 0) is 31.0 Å².